The van der Waals surface area contributed by atoms with E-state index < -0.39 is 52.8 Å². The SMILES string of the molecule is Cc1c(N)cc(S(=O)(=O)[O-])cc1Nc1cc(S(=O)(=O)[O-])c(N)c2c1C(=O)c1ccccc1C2=O.[Na+].[Na+]. The van der Waals surface area contributed by atoms with Gasteiger partial charge in [-0.1, -0.05) is 24.3 Å². The van der Waals surface area contributed by atoms with Gasteiger partial charge in [-0.2, -0.15) is 0 Å². The molecule has 3 aromatic rings. The van der Waals surface area contributed by atoms with Crippen LogP contribution in [0.15, 0.2) is 52.3 Å². The summed E-state index contributed by atoms with van der Waals surface area (Å²) in [6, 6.07) is 8.44. The van der Waals surface area contributed by atoms with Gasteiger partial charge in [-0.15, -0.1) is 0 Å². The Morgan fingerprint density at radius 2 is 1.31 bits per heavy atom. The molecule has 0 saturated heterocycles. The van der Waals surface area contributed by atoms with Gasteiger partial charge < -0.3 is 25.9 Å². The molecule has 0 aromatic heterocycles. The Bertz CT molecular complexity index is 1660. The fourth-order valence-electron chi connectivity index (χ4n) is 3.73. The second-order valence-corrected chi connectivity index (χ2v) is 10.2. The molecule has 0 aliphatic heterocycles. The van der Waals surface area contributed by atoms with Gasteiger partial charge in [0.1, 0.15) is 20.2 Å². The van der Waals surface area contributed by atoms with Gasteiger partial charge in [0.05, 0.1) is 32.3 Å². The van der Waals surface area contributed by atoms with Crippen LogP contribution < -0.4 is 75.9 Å². The van der Waals surface area contributed by atoms with E-state index in [9.17, 15) is 35.5 Å². The van der Waals surface area contributed by atoms with E-state index in [-0.39, 0.29) is 98.4 Å². The number of ketones is 2. The third kappa shape index (κ3) is 5.27. The van der Waals surface area contributed by atoms with Crippen LogP contribution in [0.1, 0.15) is 37.4 Å². The molecule has 36 heavy (non-hydrogen) atoms. The van der Waals surface area contributed by atoms with E-state index in [1.165, 1.54) is 31.2 Å². The topological polar surface area (TPSA) is 213 Å². The first-order chi connectivity index (χ1) is 15.7. The van der Waals surface area contributed by atoms with Crippen molar-refractivity contribution in [3.8, 4) is 0 Å². The fraction of sp³-hybridized carbons (Fsp3) is 0.0476. The van der Waals surface area contributed by atoms with Crippen molar-refractivity contribution in [3.63, 3.8) is 0 Å². The van der Waals surface area contributed by atoms with Crippen molar-refractivity contribution in [3.05, 3.63) is 70.3 Å². The van der Waals surface area contributed by atoms with E-state index >= 15 is 0 Å². The smallest absolute Gasteiger partial charge is 0.744 e. The molecule has 11 nitrogen and oxygen atoms in total. The minimum absolute atomic E-state index is 0. The minimum Gasteiger partial charge on any atom is -0.744 e. The molecule has 0 unspecified atom stereocenters. The zero-order valence-electron chi connectivity index (χ0n) is 19.3. The molecule has 176 valence electrons. The van der Waals surface area contributed by atoms with Gasteiger partial charge in [-0.05, 0) is 30.7 Å². The molecular weight excluding hydrogens is 532 g/mol. The summed E-state index contributed by atoms with van der Waals surface area (Å²) in [5.41, 5.74) is 9.97. The van der Waals surface area contributed by atoms with Crippen LogP contribution in [0.2, 0.25) is 0 Å². The first-order valence-corrected chi connectivity index (χ1v) is 12.3. The number of nitrogen functional groups attached to an aromatic ring is 2. The van der Waals surface area contributed by atoms with Crippen molar-refractivity contribution in [2.75, 3.05) is 16.8 Å². The maximum Gasteiger partial charge on any atom is 1.00 e. The van der Waals surface area contributed by atoms with Crippen LogP contribution in [0, 0.1) is 6.92 Å². The molecule has 5 N–H and O–H groups in total. The van der Waals surface area contributed by atoms with Crippen LogP contribution in [0.4, 0.5) is 22.7 Å². The summed E-state index contributed by atoms with van der Waals surface area (Å²) in [5.74, 6) is -1.46. The van der Waals surface area contributed by atoms with E-state index in [0.29, 0.717) is 0 Å². The van der Waals surface area contributed by atoms with Crippen molar-refractivity contribution >= 4 is 54.6 Å². The Labute approximate surface area is 250 Å². The molecule has 0 atom stereocenters. The number of benzene rings is 3. The number of carbonyl (C=O) groups is 2. The predicted octanol–water partition coefficient (Wildman–Crippen LogP) is -4.51. The summed E-state index contributed by atoms with van der Waals surface area (Å²) in [5, 5.41) is 2.66. The summed E-state index contributed by atoms with van der Waals surface area (Å²) < 4.78 is 70.2. The molecule has 0 heterocycles. The predicted molar refractivity (Wildman–Crippen MR) is 119 cm³/mol. The van der Waals surface area contributed by atoms with Gasteiger partial charge in [-0.3, -0.25) is 9.59 Å². The molecule has 15 heteroatoms. The van der Waals surface area contributed by atoms with Crippen LogP contribution in [0.3, 0.4) is 0 Å². The van der Waals surface area contributed by atoms with Gasteiger partial charge in [-0.25, -0.2) is 16.8 Å². The monoisotopic (exact) mass is 547 g/mol. The van der Waals surface area contributed by atoms with Crippen LogP contribution in [0.25, 0.3) is 0 Å². The molecule has 3 aromatic carbocycles. The van der Waals surface area contributed by atoms with E-state index in [0.717, 1.165) is 18.2 Å². The molecule has 0 saturated carbocycles. The fourth-order valence-corrected chi connectivity index (χ4v) is 4.89. The van der Waals surface area contributed by atoms with Gasteiger partial charge in [0.25, 0.3) is 0 Å². The van der Waals surface area contributed by atoms with Crippen molar-refractivity contribution in [1.82, 2.24) is 0 Å². The average Bonchev–Trinajstić information content (AvgIpc) is 2.74. The van der Waals surface area contributed by atoms with Crippen LogP contribution in [-0.4, -0.2) is 37.5 Å². The number of hydrogen-bond acceptors (Lipinski definition) is 11. The van der Waals surface area contributed by atoms with E-state index in [1.54, 1.807) is 0 Å². The molecule has 0 radical (unpaired) electrons. The Morgan fingerprint density at radius 3 is 1.81 bits per heavy atom. The van der Waals surface area contributed by atoms with Gasteiger partial charge in [0.15, 0.2) is 11.6 Å². The maximum atomic E-state index is 13.3. The Kier molecular flexibility index (Phi) is 8.91. The van der Waals surface area contributed by atoms with Gasteiger partial charge in [0.2, 0.25) is 0 Å². The van der Waals surface area contributed by atoms with Crippen molar-refractivity contribution in [2.24, 2.45) is 0 Å². The molecule has 1 aliphatic rings. The maximum absolute atomic E-state index is 13.3. The third-order valence-electron chi connectivity index (χ3n) is 5.45. The summed E-state index contributed by atoms with van der Waals surface area (Å²) >= 11 is 0. The molecule has 0 spiro atoms. The number of fused-ring (bicyclic) bond motifs is 2. The zero-order chi connectivity index (χ0) is 25.2. The first kappa shape index (κ1) is 30.4. The zero-order valence-corrected chi connectivity index (χ0v) is 24.9. The number of nitrogens with one attached hydrogen (secondary N) is 1. The molecule has 4 rings (SSSR count). The number of carbonyl (C=O) groups excluding carboxylic acids is 2. The average molecular weight is 547 g/mol. The van der Waals surface area contributed by atoms with E-state index in [1.807, 2.05) is 0 Å². The summed E-state index contributed by atoms with van der Waals surface area (Å²) in [7, 11) is -10.1. The summed E-state index contributed by atoms with van der Waals surface area (Å²) in [4.78, 5) is 24.8. The van der Waals surface area contributed by atoms with Crippen molar-refractivity contribution in [2.45, 2.75) is 16.7 Å². The first-order valence-electron chi connectivity index (χ1n) is 9.45. The van der Waals surface area contributed by atoms with Crippen molar-refractivity contribution < 1.29 is 94.6 Å². The minimum atomic E-state index is -5.20. The second-order valence-electron chi connectivity index (χ2n) is 7.51. The Hall–Kier alpha value is -1.78. The van der Waals surface area contributed by atoms with Crippen LogP contribution >= 0.6 is 0 Å². The third-order valence-corrected chi connectivity index (χ3v) is 7.14. The standard InChI is InChI=1S/C21H17N3O8S2.2Na/c1-9-13(22)6-10(33(27,28)29)7-14(9)24-15-8-16(34(30,31)32)19(23)18-17(15)20(25)11-4-2-3-5-12(11)21(18)26;;/h2-8,24H,22-23H2,1H3,(H,27,28,29)(H,30,31,32);;/q;2*+1/p-2. The van der Waals surface area contributed by atoms with E-state index in [2.05, 4.69) is 5.32 Å². The quantitative estimate of drug-likeness (QED) is 0.126. The molecule has 0 fully saturated rings. The normalized spacial score (nSPS) is 12.6. The van der Waals surface area contributed by atoms with Crippen LogP contribution in [-0.2, 0) is 20.2 Å². The molecule has 0 amide bonds. The molecular formula is C21H15N3Na2O8S2. The number of anilines is 4. The number of rotatable bonds is 4. The second kappa shape index (κ2) is 10.5. The van der Waals surface area contributed by atoms with Crippen LogP contribution in [0.5, 0.6) is 0 Å². The number of hydrogen-bond donors (Lipinski definition) is 3. The number of nitrogens with two attached hydrogens (primary N) is 2. The van der Waals surface area contributed by atoms with E-state index in [4.69, 9.17) is 11.5 Å². The summed E-state index contributed by atoms with van der Waals surface area (Å²) in [6.07, 6.45) is 0. The summed E-state index contributed by atoms with van der Waals surface area (Å²) in [6.45, 7) is 1.47. The van der Waals surface area contributed by atoms with Crippen molar-refractivity contribution in [1.29, 1.82) is 0 Å². The van der Waals surface area contributed by atoms with Gasteiger partial charge >= 0.3 is 59.1 Å². The molecule has 0 bridgehead atoms. The van der Waals surface area contributed by atoms with Gasteiger partial charge in [0, 0.05) is 22.5 Å². The largest absolute Gasteiger partial charge is 1.00 e. The Balaban J connectivity index is 0.00000228. The Morgan fingerprint density at radius 1 is 0.778 bits per heavy atom. The molecule has 1 aliphatic carbocycles.